The van der Waals surface area contributed by atoms with Gasteiger partial charge in [0.1, 0.15) is 11.6 Å². The summed E-state index contributed by atoms with van der Waals surface area (Å²) in [7, 11) is 0. The average Bonchev–Trinajstić information content (AvgIpc) is 2.87. The Kier molecular flexibility index (Phi) is 2.94. The van der Waals surface area contributed by atoms with Gasteiger partial charge >= 0.3 is 0 Å². The van der Waals surface area contributed by atoms with Crippen LogP contribution in [0.3, 0.4) is 0 Å². The quantitative estimate of drug-likeness (QED) is 0.780. The molecule has 0 saturated heterocycles. The summed E-state index contributed by atoms with van der Waals surface area (Å²) in [4.78, 5) is 3.98. The minimum atomic E-state index is -0.934. The zero-order chi connectivity index (χ0) is 14.3. The Labute approximate surface area is 113 Å². The molecule has 0 aliphatic heterocycles. The monoisotopic (exact) mass is 274 g/mol. The molecule has 4 nitrogen and oxygen atoms in total. The number of hydrogen-bond donors (Lipinski definition) is 1. The third-order valence-electron chi connectivity index (χ3n) is 3.32. The smallest absolute Gasteiger partial charge is 0.134 e. The predicted octanol–water partition coefficient (Wildman–Crippen LogP) is 2.36. The van der Waals surface area contributed by atoms with Crippen LogP contribution in [0.25, 0.3) is 5.52 Å². The molecule has 102 valence electrons. The summed E-state index contributed by atoms with van der Waals surface area (Å²) in [6.07, 6.45) is 6.29. The summed E-state index contributed by atoms with van der Waals surface area (Å²) in [5.41, 5.74) is 7.39. The third-order valence-corrected chi connectivity index (χ3v) is 3.32. The second-order valence-electron chi connectivity index (χ2n) is 4.58. The van der Waals surface area contributed by atoms with E-state index < -0.39 is 17.7 Å². The minimum absolute atomic E-state index is 0.149. The molecule has 0 saturated carbocycles. The Balaban J connectivity index is 2.18. The lowest BCUT2D eigenvalue weighted by Gasteiger charge is -2.14. The maximum atomic E-state index is 14.1. The first kappa shape index (κ1) is 12.7. The number of aryl methyl sites for hydroxylation is 1. The summed E-state index contributed by atoms with van der Waals surface area (Å²) in [6, 6.07) is 1.67. The summed E-state index contributed by atoms with van der Waals surface area (Å²) in [6.45, 7) is 1.57. The molecule has 1 unspecified atom stereocenters. The zero-order valence-corrected chi connectivity index (χ0v) is 10.7. The number of benzene rings is 1. The standard InChI is InChI=1S/C14H12F2N4/c1-8-2-3-10(15)12(13(8)16)14(17)9-6-19-20-5-4-18-7-11(9)20/h2-7,14H,17H2,1H3. The number of aromatic nitrogens is 3. The van der Waals surface area contributed by atoms with E-state index in [1.165, 1.54) is 18.3 Å². The largest absolute Gasteiger partial charge is 0.320 e. The van der Waals surface area contributed by atoms with Gasteiger partial charge < -0.3 is 5.73 Å². The van der Waals surface area contributed by atoms with Crippen LogP contribution in [0.2, 0.25) is 0 Å². The van der Waals surface area contributed by atoms with E-state index in [0.29, 0.717) is 16.6 Å². The second kappa shape index (κ2) is 4.64. The Bertz CT molecular complexity index is 782. The van der Waals surface area contributed by atoms with Crippen molar-refractivity contribution in [3.8, 4) is 0 Å². The summed E-state index contributed by atoms with van der Waals surface area (Å²) in [5, 5.41) is 4.10. The molecule has 0 aliphatic rings. The average molecular weight is 274 g/mol. The first-order valence-corrected chi connectivity index (χ1v) is 6.07. The van der Waals surface area contributed by atoms with Crippen molar-refractivity contribution in [2.24, 2.45) is 5.73 Å². The van der Waals surface area contributed by atoms with Gasteiger partial charge in [-0.15, -0.1) is 0 Å². The van der Waals surface area contributed by atoms with Crippen molar-refractivity contribution in [2.75, 3.05) is 0 Å². The van der Waals surface area contributed by atoms with Crippen molar-refractivity contribution in [1.82, 2.24) is 14.6 Å². The lowest BCUT2D eigenvalue weighted by atomic mass is 9.98. The molecule has 0 amide bonds. The fourth-order valence-corrected chi connectivity index (χ4v) is 2.21. The molecule has 3 aromatic rings. The molecular weight excluding hydrogens is 262 g/mol. The van der Waals surface area contributed by atoms with Crippen LogP contribution in [0.1, 0.15) is 22.7 Å². The van der Waals surface area contributed by atoms with Gasteiger partial charge in [-0.05, 0) is 18.6 Å². The van der Waals surface area contributed by atoms with E-state index in [1.54, 1.807) is 30.0 Å². The van der Waals surface area contributed by atoms with Crippen LogP contribution < -0.4 is 5.73 Å². The molecule has 2 aromatic heterocycles. The maximum Gasteiger partial charge on any atom is 0.134 e. The molecule has 0 bridgehead atoms. The van der Waals surface area contributed by atoms with E-state index in [0.717, 1.165) is 0 Å². The number of nitrogens with zero attached hydrogens (tertiary/aromatic N) is 3. The van der Waals surface area contributed by atoms with Crippen LogP contribution in [0, 0.1) is 18.6 Å². The van der Waals surface area contributed by atoms with E-state index in [2.05, 4.69) is 10.1 Å². The molecule has 2 heterocycles. The van der Waals surface area contributed by atoms with E-state index in [1.807, 2.05) is 0 Å². The molecule has 2 N–H and O–H groups in total. The lowest BCUT2D eigenvalue weighted by molar-refractivity contribution is 0.538. The first-order chi connectivity index (χ1) is 9.59. The maximum absolute atomic E-state index is 14.1. The highest BCUT2D eigenvalue weighted by Gasteiger charge is 2.22. The topological polar surface area (TPSA) is 56.2 Å². The van der Waals surface area contributed by atoms with Gasteiger partial charge in [0.15, 0.2) is 0 Å². The Morgan fingerprint density at radius 3 is 2.85 bits per heavy atom. The number of hydrogen-bond acceptors (Lipinski definition) is 3. The van der Waals surface area contributed by atoms with Crippen LogP contribution in [0.5, 0.6) is 0 Å². The van der Waals surface area contributed by atoms with Crippen molar-refractivity contribution in [2.45, 2.75) is 13.0 Å². The molecule has 6 heteroatoms. The van der Waals surface area contributed by atoms with Gasteiger partial charge in [0.2, 0.25) is 0 Å². The Morgan fingerprint density at radius 1 is 1.25 bits per heavy atom. The lowest BCUT2D eigenvalue weighted by Crippen LogP contribution is -2.16. The molecule has 1 aromatic carbocycles. The molecule has 0 spiro atoms. The van der Waals surface area contributed by atoms with Gasteiger partial charge in [-0.25, -0.2) is 13.3 Å². The number of fused-ring (bicyclic) bond motifs is 1. The minimum Gasteiger partial charge on any atom is -0.320 e. The normalized spacial score (nSPS) is 12.8. The fraction of sp³-hybridized carbons (Fsp3) is 0.143. The van der Waals surface area contributed by atoms with E-state index in [9.17, 15) is 8.78 Å². The highest BCUT2D eigenvalue weighted by Crippen LogP contribution is 2.28. The van der Waals surface area contributed by atoms with Crippen molar-refractivity contribution in [1.29, 1.82) is 0 Å². The molecule has 0 aliphatic carbocycles. The highest BCUT2D eigenvalue weighted by molar-refractivity contribution is 5.55. The third kappa shape index (κ3) is 1.85. The van der Waals surface area contributed by atoms with E-state index in [-0.39, 0.29) is 5.56 Å². The molecule has 1 atom stereocenters. The van der Waals surface area contributed by atoms with Crippen molar-refractivity contribution >= 4 is 5.52 Å². The van der Waals surface area contributed by atoms with E-state index in [4.69, 9.17) is 5.73 Å². The van der Waals surface area contributed by atoms with Crippen molar-refractivity contribution in [3.05, 3.63) is 65.2 Å². The van der Waals surface area contributed by atoms with Gasteiger partial charge in [-0.3, -0.25) is 4.98 Å². The molecule has 0 fully saturated rings. The highest BCUT2D eigenvalue weighted by atomic mass is 19.1. The second-order valence-corrected chi connectivity index (χ2v) is 4.58. The van der Waals surface area contributed by atoms with Gasteiger partial charge in [-0.1, -0.05) is 6.07 Å². The summed E-state index contributed by atoms with van der Waals surface area (Å²) >= 11 is 0. The van der Waals surface area contributed by atoms with Crippen molar-refractivity contribution < 1.29 is 8.78 Å². The first-order valence-electron chi connectivity index (χ1n) is 6.07. The fourth-order valence-electron chi connectivity index (χ4n) is 2.21. The summed E-state index contributed by atoms with van der Waals surface area (Å²) in [5.74, 6) is -1.29. The number of rotatable bonds is 2. The van der Waals surface area contributed by atoms with Gasteiger partial charge in [0.05, 0.1) is 24.0 Å². The van der Waals surface area contributed by atoms with Gasteiger partial charge in [0.25, 0.3) is 0 Å². The van der Waals surface area contributed by atoms with Gasteiger partial charge in [0, 0.05) is 23.5 Å². The summed E-state index contributed by atoms with van der Waals surface area (Å²) < 4.78 is 29.6. The van der Waals surface area contributed by atoms with Crippen LogP contribution in [-0.2, 0) is 0 Å². The van der Waals surface area contributed by atoms with Crippen LogP contribution in [-0.4, -0.2) is 14.6 Å². The molecule has 0 radical (unpaired) electrons. The van der Waals surface area contributed by atoms with Crippen molar-refractivity contribution in [3.63, 3.8) is 0 Å². The molecular formula is C14H12F2N4. The number of nitrogens with two attached hydrogens (primary N) is 1. The predicted molar refractivity (Wildman–Crippen MR) is 70.1 cm³/mol. The van der Waals surface area contributed by atoms with Gasteiger partial charge in [-0.2, -0.15) is 5.10 Å². The SMILES string of the molecule is Cc1ccc(F)c(C(N)c2cnn3ccncc23)c1F. The van der Waals surface area contributed by atoms with Crippen LogP contribution in [0.15, 0.2) is 36.9 Å². The molecule has 20 heavy (non-hydrogen) atoms. The Hall–Kier alpha value is -2.34. The van der Waals surface area contributed by atoms with E-state index >= 15 is 0 Å². The Morgan fingerprint density at radius 2 is 2.05 bits per heavy atom. The molecule has 3 rings (SSSR count). The number of halogens is 2. The van der Waals surface area contributed by atoms with Crippen LogP contribution in [0.4, 0.5) is 8.78 Å². The van der Waals surface area contributed by atoms with Crippen LogP contribution >= 0.6 is 0 Å². The zero-order valence-electron chi connectivity index (χ0n) is 10.7.